The number of para-hydroxylation sites is 3. The quantitative estimate of drug-likeness (QED) is 0.443. The molecule has 0 saturated heterocycles. The second kappa shape index (κ2) is 9.04. The lowest BCUT2D eigenvalue weighted by molar-refractivity contribution is 1.28. The van der Waals surface area contributed by atoms with Gasteiger partial charge in [-0.25, -0.2) is 0 Å². The van der Waals surface area contributed by atoms with Gasteiger partial charge in [-0.05, 0) is 48.5 Å². The van der Waals surface area contributed by atoms with E-state index >= 15 is 0 Å². The summed E-state index contributed by atoms with van der Waals surface area (Å²) < 4.78 is 0. The van der Waals surface area contributed by atoms with Crippen molar-refractivity contribution < 1.29 is 0 Å². The number of hydrogen-bond donors (Lipinski definition) is 0. The van der Waals surface area contributed by atoms with E-state index in [1.807, 2.05) is 36.4 Å². The zero-order valence-corrected chi connectivity index (χ0v) is 13.9. The third-order valence-electron chi connectivity index (χ3n) is 3.61. The van der Waals surface area contributed by atoms with Crippen molar-refractivity contribution in [2.75, 3.05) is 4.90 Å². The molecule has 0 unspecified atom stereocenters. The molecule has 3 aromatic carbocycles. The van der Waals surface area contributed by atoms with Gasteiger partial charge in [0.25, 0.3) is 0 Å². The summed E-state index contributed by atoms with van der Waals surface area (Å²) in [4.78, 5) is 6.03. The molecule has 0 bridgehead atoms. The summed E-state index contributed by atoms with van der Waals surface area (Å²) in [7, 11) is 0. The standard InChI is InChI=1S/C18H15N.C5H5N/c1-4-10-16(11-5-1)19(17-12-6-2-7-13-17)18-14-8-3-9-15-18;1-2-4-6-5-3-1/h1-15H;1-5H. The number of pyridine rings is 1. The van der Waals surface area contributed by atoms with Gasteiger partial charge in [-0.2, -0.15) is 0 Å². The van der Waals surface area contributed by atoms with Crippen molar-refractivity contribution in [1.29, 1.82) is 0 Å². The third-order valence-corrected chi connectivity index (χ3v) is 3.61. The molecule has 0 atom stereocenters. The highest BCUT2D eigenvalue weighted by Gasteiger charge is 2.10. The fourth-order valence-electron chi connectivity index (χ4n) is 2.49. The number of nitrogens with zero attached hydrogens (tertiary/aromatic N) is 2. The molecule has 0 amide bonds. The van der Waals surface area contributed by atoms with Crippen molar-refractivity contribution in [2.24, 2.45) is 0 Å². The molecule has 0 aliphatic rings. The van der Waals surface area contributed by atoms with Gasteiger partial charge in [0.1, 0.15) is 0 Å². The Morgan fingerprint density at radius 1 is 0.400 bits per heavy atom. The van der Waals surface area contributed by atoms with E-state index < -0.39 is 0 Å². The van der Waals surface area contributed by atoms with Gasteiger partial charge in [0.15, 0.2) is 0 Å². The summed E-state index contributed by atoms with van der Waals surface area (Å²) in [6.07, 6.45) is 3.50. The first kappa shape index (κ1) is 16.5. The zero-order chi connectivity index (χ0) is 17.2. The fraction of sp³-hybridized carbons (Fsp3) is 0. The van der Waals surface area contributed by atoms with E-state index in [9.17, 15) is 0 Å². The monoisotopic (exact) mass is 324 g/mol. The minimum Gasteiger partial charge on any atom is -0.311 e. The van der Waals surface area contributed by atoms with Crippen molar-refractivity contribution in [1.82, 2.24) is 4.98 Å². The molecule has 4 aromatic rings. The largest absolute Gasteiger partial charge is 0.311 e. The Hall–Kier alpha value is -3.39. The smallest absolute Gasteiger partial charge is 0.0461 e. The van der Waals surface area contributed by atoms with E-state index in [1.54, 1.807) is 12.4 Å². The van der Waals surface area contributed by atoms with Crippen LogP contribution in [0.4, 0.5) is 17.1 Å². The second-order valence-corrected chi connectivity index (χ2v) is 5.37. The van der Waals surface area contributed by atoms with Crippen molar-refractivity contribution >= 4 is 17.1 Å². The van der Waals surface area contributed by atoms with Gasteiger partial charge in [0.05, 0.1) is 0 Å². The summed E-state index contributed by atoms with van der Waals surface area (Å²) in [6, 6.07) is 37.0. The molecule has 25 heavy (non-hydrogen) atoms. The molecular formula is C23H20N2. The van der Waals surface area contributed by atoms with Crippen molar-refractivity contribution in [3.8, 4) is 0 Å². The molecule has 0 aliphatic carbocycles. The van der Waals surface area contributed by atoms with Crippen LogP contribution >= 0.6 is 0 Å². The van der Waals surface area contributed by atoms with Crippen LogP contribution in [0.25, 0.3) is 0 Å². The van der Waals surface area contributed by atoms with Crippen LogP contribution in [-0.2, 0) is 0 Å². The SMILES string of the molecule is c1ccc(N(c2ccccc2)c2ccccc2)cc1.c1ccncc1. The Morgan fingerprint density at radius 3 is 0.960 bits per heavy atom. The van der Waals surface area contributed by atoms with Gasteiger partial charge in [-0.15, -0.1) is 0 Å². The minimum atomic E-state index is 1.17. The molecule has 2 nitrogen and oxygen atoms in total. The normalized spacial score (nSPS) is 9.60. The number of anilines is 3. The minimum absolute atomic E-state index is 1.17. The molecule has 0 spiro atoms. The van der Waals surface area contributed by atoms with Crippen LogP contribution in [0.5, 0.6) is 0 Å². The van der Waals surface area contributed by atoms with Gasteiger partial charge >= 0.3 is 0 Å². The van der Waals surface area contributed by atoms with Crippen LogP contribution in [0, 0.1) is 0 Å². The van der Waals surface area contributed by atoms with Crippen LogP contribution in [0.15, 0.2) is 122 Å². The highest BCUT2D eigenvalue weighted by atomic mass is 15.1. The summed E-state index contributed by atoms with van der Waals surface area (Å²) in [5.74, 6) is 0. The lowest BCUT2D eigenvalue weighted by atomic mass is 10.2. The number of aromatic nitrogens is 1. The third kappa shape index (κ3) is 4.79. The molecule has 0 radical (unpaired) electrons. The molecule has 122 valence electrons. The van der Waals surface area contributed by atoms with Gasteiger partial charge in [0.2, 0.25) is 0 Å². The first-order valence-corrected chi connectivity index (χ1v) is 8.25. The van der Waals surface area contributed by atoms with Gasteiger partial charge in [-0.1, -0.05) is 60.7 Å². The lowest BCUT2D eigenvalue weighted by Gasteiger charge is -2.25. The van der Waals surface area contributed by atoms with E-state index in [4.69, 9.17) is 0 Å². The van der Waals surface area contributed by atoms with Crippen LogP contribution in [0.1, 0.15) is 0 Å². The van der Waals surface area contributed by atoms with Crippen molar-refractivity contribution in [3.63, 3.8) is 0 Å². The van der Waals surface area contributed by atoms with E-state index in [0.29, 0.717) is 0 Å². The summed E-state index contributed by atoms with van der Waals surface area (Å²) in [5.41, 5.74) is 3.50. The summed E-state index contributed by atoms with van der Waals surface area (Å²) >= 11 is 0. The average Bonchev–Trinajstić information content (AvgIpc) is 2.72. The van der Waals surface area contributed by atoms with E-state index in [-0.39, 0.29) is 0 Å². The van der Waals surface area contributed by atoms with Gasteiger partial charge in [0, 0.05) is 29.5 Å². The molecule has 1 heterocycles. The maximum atomic E-state index is 3.78. The predicted octanol–water partition coefficient (Wildman–Crippen LogP) is 6.24. The molecule has 0 N–H and O–H groups in total. The number of benzene rings is 3. The van der Waals surface area contributed by atoms with Crippen LogP contribution in [0.2, 0.25) is 0 Å². The Balaban J connectivity index is 0.000000258. The summed E-state index contributed by atoms with van der Waals surface area (Å²) in [5, 5.41) is 0. The molecule has 1 aromatic heterocycles. The fourth-order valence-corrected chi connectivity index (χ4v) is 2.49. The second-order valence-electron chi connectivity index (χ2n) is 5.37. The first-order chi connectivity index (χ1) is 12.4. The van der Waals surface area contributed by atoms with Crippen LogP contribution < -0.4 is 4.90 Å². The molecular weight excluding hydrogens is 304 g/mol. The van der Waals surface area contributed by atoms with E-state index in [2.05, 4.69) is 82.7 Å². The highest BCUT2D eigenvalue weighted by molar-refractivity contribution is 5.76. The van der Waals surface area contributed by atoms with Crippen molar-refractivity contribution in [3.05, 3.63) is 122 Å². The highest BCUT2D eigenvalue weighted by Crippen LogP contribution is 2.33. The first-order valence-electron chi connectivity index (χ1n) is 8.25. The van der Waals surface area contributed by atoms with Gasteiger partial charge < -0.3 is 4.90 Å². The molecule has 0 saturated carbocycles. The Labute approximate surface area is 149 Å². The Morgan fingerprint density at radius 2 is 0.720 bits per heavy atom. The number of hydrogen-bond acceptors (Lipinski definition) is 2. The molecule has 0 aliphatic heterocycles. The lowest BCUT2D eigenvalue weighted by Crippen LogP contribution is -2.09. The topological polar surface area (TPSA) is 16.1 Å². The molecule has 2 heteroatoms. The molecule has 0 fully saturated rings. The van der Waals surface area contributed by atoms with Crippen LogP contribution in [0.3, 0.4) is 0 Å². The van der Waals surface area contributed by atoms with E-state index in [0.717, 1.165) is 0 Å². The van der Waals surface area contributed by atoms with Crippen molar-refractivity contribution in [2.45, 2.75) is 0 Å². The maximum Gasteiger partial charge on any atom is 0.0461 e. The molecule has 4 rings (SSSR count). The van der Waals surface area contributed by atoms with Crippen LogP contribution in [-0.4, -0.2) is 4.98 Å². The van der Waals surface area contributed by atoms with E-state index in [1.165, 1.54) is 17.1 Å². The Kier molecular flexibility index (Phi) is 5.95. The maximum absolute atomic E-state index is 3.78. The Bertz CT molecular complexity index is 711. The summed E-state index contributed by atoms with van der Waals surface area (Å²) in [6.45, 7) is 0. The number of rotatable bonds is 3. The van der Waals surface area contributed by atoms with Gasteiger partial charge in [-0.3, -0.25) is 4.98 Å². The zero-order valence-electron chi connectivity index (χ0n) is 13.9. The predicted molar refractivity (Wildman–Crippen MR) is 105 cm³/mol. The average molecular weight is 324 g/mol.